The van der Waals surface area contributed by atoms with E-state index in [9.17, 15) is 0 Å². The van der Waals surface area contributed by atoms with Crippen molar-refractivity contribution in [1.29, 1.82) is 0 Å². The fraction of sp³-hybridized carbons (Fsp3) is 0.750. The molecule has 1 fully saturated rings. The van der Waals surface area contributed by atoms with Gasteiger partial charge in [0.25, 0.3) is 0 Å². The van der Waals surface area contributed by atoms with Gasteiger partial charge >= 0.3 is 0 Å². The number of halogens is 2. The summed E-state index contributed by atoms with van der Waals surface area (Å²) in [5.41, 5.74) is 6.81. The van der Waals surface area contributed by atoms with Crippen LogP contribution in [0.15, 0.2) is 5.38 Å². The fourth-order valence-electron chi connectivity index (χ4n) is 1.96. The lowest BCUT2D eigenvalue weighted by Gasteiger charge is -2.31. The van der Waals surface area contributed by atoms with Gasteiger partial charge in [-0.1, -0.05) is 13.8 Å². The van der Waals surface area contributed by atoms with Gasteiger partial charge in [-0.05, 0) is 0 Å². The molecule has 4 nitrogen and oxygen atoms in total. The molecule has 0 radical (unpaired) electrons. The molecule has 7 heteroatoms. The number of hydrogen-bond donors (Lipinski definition) is 1. The van der Waals surface area contributed by atoms with E-state index in [1.54, 1.807) is 11.3 Å². The van der Waals surface area contributed by atoms with Gasteiger partial charge in [-0.2, -0.15) is 0 Å². The first kappa shape index (κ1) is 19.1. The monoisotopic (exact) mass is 327 g/mol. The molecule has 0 bridgehead atoms. The van der Waals surface area contributed by atoms with E-state index >= 15 is 0 Å². The number of aromatic nitrogens is 1. The first-order valence-corrected chi connectivity index (χ1v) is 7.05. The Morgan fingerprint density at radius 2 is 2.26 bits per heavy atom. The van der Waals surface area contributed by atoms with Crippen molar-refractivity contribution >= 4 is 36.2 Å². The second-order valence-electron chi connectivity index (χ2n) is 4.80. The van der Waals surface area contributed by atoms with Gasteiger partial charge in [0.1, 0.15) is 0 Å². The quantitative estimate of drug-likeness (QED) is 0.921. The van der Waals surface area contributed by atoms with Gasteiger partial charge in [0.2, 0.25) is 0 Å². The van der Waals surface area contributed by atoms with E-state index < -0.39 is 0 Å². The molecule has 0 spiro atoms. The van der Waals surface area contributed by atoms with Crippen LogP contribution in [0.25, 0.3) is 0 Å². The normalized spacial score (nSPS) is 19.9. The topological polar surface area (TPSA) is 51.4 Å². The summed E-state index contributed by atoms with van der Waals surface area (Å²) >= 11 is 1.76. The summed E-state index contributed by atoms with van der Waals surface area (Å²) in [6.07, 6.45) is 0.187. The Labute approximate surface area is 131 Å². The number of nitrogens with zero attached hydrogens (tertiary/aromatic N) is 2. The fourth-order valence-corrected chi connectivity index (χ4v) is 2.78. The first-order chi connectivity index (χ1) is 8.19. The number of thiazole rings is 1. The average Bonchev–Trinajstić information content (AvgIpc) is 2.78. The van der Waals surface area contributed by atoms with Crippen molar-refractivity contribution < 1.29 is 4.74 Å². The van der Waals surface area contributed by atoms with Crippen LogP contribution in [0.2, 0.25) is 0 Å². The van der Waals surface area contributed by atoms with E-state index in [1.807, 2.05) is 0 Å². The lowest BCUT2D eigenvalue weighted by atomic mass is 10.2. The first-order valence-electron chi connectivity index (χ1n) is 6.17. The van der Waals surface area contributed by atoms with Gasteiger partial charge in [-0.3, -0.25) is 4.90 Å². The average molecular weight is 328 g/mol. The number of hydrogen-bond acceptors (Lipinski definition) is 5. The van der Waals surface area contributed by atoms with E-state index in [2.05, 4.69) is 29.1 Å². The standard InChI is InChI=1S/C12H21N3OS.2ClH/c1-9(2)12-14-10(8-17-12)6-15-3-4-16-11(5-13)7-15;;/h8-9,11H,3-7,13H2,1-2H3;2*1H. The molecule has 1 aliphatic heterocycles. The molecule has 0 amide bonds. The van der Waals surface area contributed by atoms with Crippen molar-refractivity contribution in [1.82, 2.24) is 9.88 Å². The Bertz CT molecular complexity index is 362. The van der Waals surface area contributed by atoms with Gasteiger partial charge in [-0.25, -0.2) is 4.98 Å². The Morgan fingerprint density at radius 1 is 1.53 bits per heavy atom. The molecule has 0 saturated carbocycles. The molecule has 2 rings (SSSR count). The lowest BCUT2D eigenvalue weighted by Crippen LogP contribution is -2.45. The van der Waals surface area contributed by atoms with E-state index in [0.717, 1.165) is 26.2 Å². The minimum absolute atomic E-state index is 0. The predicted octanol–water partition coefficient (Wildman–Crippen LogP) is 2.27. The third-order valence-electron chi connectivity index (χ3n) is 2.93. The molecule has 1 aliphatic rings. The van der Waals surface area contributed by atoms with E-state index in [-0.39, 0.29) is 30.9 Å². The molecule has 1 atom stereocenters. The summed E-state index contributed by atoms with van der Waals surface area (Å²) in [7, 11) is 0. The number of morpholine rings is 1. The molecule has 1 aromatic rings. The van der Waals surface area contributed by atoms with Crippen LogP contribution in [-0.2, 0) is 11.3 Å². The predicted molar refractivity (Wildman–Crippen MR) is 84.8 cm³/mol. The summed E-state index contributed by atoms with van der Waals surface area (Å²) in [6.45, 7) is 8.57. The molecular weight excluding hydrogens is 305 g/mol. The highest BCUT2D eigenvalue weighted by atomic mass is 35.5. The van der Waals surface area contributed by atoms with Crippen molar-refractivity contribution in [3.05, 3.63) is 16.1 Å². The Balaban J connectivity index is 0.00000162. The maximum absolute atomic E-state index is 5.64. The summed E-state index contributed by atoms with van der Waals surface area (Å²) in [6, 6.07) is 0. The Morgan fingerprint density at radius 3 is 2.84 bits per heavy atom. The van der Waals surface area contributed by atoms with E-state index in [0.29, 0.717) is 12.5 Å². The molecule has 0 aromatic carbocycles. The smallest absolute Gasteiger partial charge is 0.0954 e. The second-order valence-corrected chi connectivity index (χ2v) is 5.69. The lowest BCUT2D eigenvalue weighted by molar-refractivity contribution is -0.0263. The molecule has 1 aromatic heterocycles. The zero-order valence-corrected chi connectivity index (χ0v) is 13.8. The van der Waals surface area contributed by atoms with Crippen molar-refractivity contribution in [3.63, 3.8) is 0 Å². The van der Waals surface area contributed by atoms with Crippen LogP contribution in [0.4, 0.5) is 0 Å². The molecular formula is C12H23Cl2N3OS. The van der Waals surface area contributed by atoms with E-state index in [4.69, 9.17) is 10.5 Å². The largest absolute Gasteiger partial charge is 0.374 e. The van der Waals surface area contributed by atoms with Crippen molar-refractivity contribution in [3.8, 4) is 0 Å². The number of ether oxygens (including phenoxy) is 1. The van der Waals surface area contributed by atoms with Gasteiger partial charge in [-0.15, -0.1) is 36.2 Å². The van der Waals surface area contributed by atoms with Crippen LogP contribution in [0.1, 0.15) is 30.5 Å². The molecule has 19 heavy (non-hydrogen) atoms. The van der Waals surface area contributed by atoms with E-state index in [1.165, 1.54) is 10.7 Å². The third kappa shape index (κ3) is 5.53. The summed E-state index contributed by atoms with van der Waals surface area (Å²) < 4.78 is 5.55. The van der Waals surface area contributed by atoms with Crippen LogP contribution in [0, 0.1) is 0 Å². The minimum atomic E-state index is 0. The third-order valence-corrected chi connectivity index (χ3v) is 4.13. The van der Waals surface area contributed by atoms with Crippen LogP contribution >= 0.6 is 36.2 Å². The van der Waals surface area contributed by atoms with Gasteiger partial charge in [0.15, 0.2) is 0 Å². The van der Waals surface area contributed by atoms with Crippen molar-refractivity contribution in [2.75, 3.05) is 26.2 Å². The maximum Gasteiger partial charge on any atom is 0.0954 e. The van der Waals surface area contributed by atoms with Gasteiger partial charge < -0.3 is 10.5 Å². The van der Waals surface area contributed by atoms with Crippen LogP contribution in [-0.4, -0.2) is 42.2 Å². The summed E-state index contributed by atoms with van der Waals surface area (Å²) in [5.74, 6) is 0.523. The highest BCUT2D eigenvalue weighted by Gasteiger charge is 2.20. The molecule has 1 saturated heterocycles. The maximum atomic E-state index is 5.64. The zero-order valence-electron chi connectivity index (χ0n) is 11.4. The SMILES string of the molecule is CC(C)c1nc(CN2CCOC(CN)C2)cs1.Cl.Cl. The minimum Gasteiger partial charge on any atom is -0.374 e. The van der Waals surface area contributed by atoms with Crippen molar-refractivity contribution in [2.24, 2.45) is 5.73 Å². The second kappa shape index (κ2) is 9.10. The summed E-state index contributed by atoms with van der Waals surface area (Å²) in [4.78, 5) is 7.03. The van der Waals surface area contributed by atoms with Crippen LogP contribution in [0.5, 0.6) is 0 Å². The molecule has 1 unspecified atom stereocenters. The van der Waals surface area contributed by atoms with Crippen LogP contribution in [0.3, 0.4) is 0 Å². The molecule has 2 heterocycles. The zero-order chi connectivity index (χ0) is 12.3. The highest BCUT2D eigenvalue weighted by Crippen LogP contribution is 2.20. The molecule has 0 aliphatic carbocycles. The Hall–Kier alpha value is 0.0900. The summed E-state index contributed by atoms with van der Waals surface area (Å²) in [5, 5.41) is 3.39. The van der Waals surface area contributed by atoms with Gasteiger partial charge in [0.05, 0.1) is 23.4 Å². The number of nitrogens with two attached hydrogens (primary N) is 1. The molecule has 2 N–H and O–H groups in total. The highest BCUT2D eigenvalue weighted by molar-refractivity contribution is 7.09. The Kier molecular flexibility index (Phi) is 9.15. The van der Waals surface area contributed by atoms with Gasteiger partial charge in [0, 0.05) is 37.5 Å². The number of rotatable bonds is 4. The molecule has 112 valence electrons. The van der Waals surface area contributed by atoms with Crippen LogP contribution < -0.4 is 5.73 Å². The van der Waals surface area contributed by atoms with Crippen molar-refractivity contribution in [2.45, 2.75) is 32.4 Å².